The van der Waals surface area contributed by atoms with E-state index in [1.807, 2.05) is 6.08 Å². The third kappa shape index (κ3) is 54.7. The van der Waals surface area contributed by atoms with Crippen molar-refractivity contribution in [3.8, 4) is 0 Å². The molecule has 0 fully saturated rings. The number of allylic oxidation sites excluding steroid dienone is 20. The molecule has 0 bridgehead atoms. The Bertz CT molecular complexity index is 1490. The standard InChI is InChI=1S/C64H104O6/c1-4-7-10-13-16-19-22-25-28-31-32-34-36-39-42-45-48-51-54-57-63(66)69-60-61(59-68-62(65)56-53-50-47-44-41-38-35-30-27-24-21-18-15-12-9-6-3)70-64(67)58-55-52-49-46-43-40-37-33-29-26-23-20-17-14-11-8-5-2/h7,9-10,12,16,18-19,21,25,27-28,30,32,34,38-39,41-42,48,51,61H,4-6,8,11,13-15,17,20,22-24,26,29,31,33,35-37,40,43-47,49-50,52-60H2,1-3H3/b10-7-,12-9-,19-16-,21-18-,28-25-,30-27-,34-32-,41-38-,42-39-,51-48-. The molecule has 0 aromatic heterocycles. The first kappa shape index (κ1) is 65.8. The van der Waals surface area contributed by atoms with Gasteiger partial charge in [0.05, 0.1) is 0 Å². The Balaban J connectivity index is 4.55. The van der Waals surface area contributed by atoms with Gasteiger partial charge in [-0.05, 0) is 96.3 Å². The topological polar surface area (TPSA) is 78.9 Å². The van der Waals surface area contributed by atoms with Crippen LogP contribution in [0.15, 0.2) is 122 Å². The highest BCUT2D eigenvalue weighted by Gasteiger charge is 2.19. The fourth-order valence-corrected chi connectivity index (χ4v) is 7.52. The molecule has 0 aliphatic carbocycles. The predicted octanol–water partition coefficient (Wildman–Crippen LogP) is 19.3. The normalized spacial score (nSPS) is 13.0. The Hall–Kier alpha value is -4.19. The smallest absolute Gasteiger partial charge is 0.306 e. The summed E-state index contributed by atoms with van der Waals surface area (Å²) < 4.78 is 16.8. The molecule has 6 nitrogen and oxygen atoms in total. The molecule has 0 saturated heterocycles. The predicted molar refractivity (Wildman–Crippen MR) is 302 cm³/mol. The Morgan fingerprint density at radius 1 is 0.300 bits per heavy atom. The van der Waals surface area contributed by atoms with E-state index >= 15 is 0 Å². The second-order valence-electron chi connectivity index (χ2n) is 18.4. The molecule has 0 saturated carbocycles. The summed E-state index contributed by atoms with van der Waals surface area (Å²) in [7, 11) is 0. The van der Waals surface area contributed by atoms with E-state index in [1.54, 1.807) is 0 Å². The van der Waals surface area contributed by atoms with Gasteiger partial charge in [0.15, 0.2) is 6.10 Å². The first-order chi connectivity index (χ1) is 34.5. The van der Waals surface area contributed by atoms with Gasteiger partial charge in [-0.25, -0.2) is 0 Å². The van der Waals surface area contributed by atoms with Crippen LogP contribution in [-0.2, 0) is 28.6 Å². The number of hydrogen-bond acceptors (Lipinski definition) is 6. The highest BCUT2D eigenvalue weighted by molar-refractivity contribution is 5.71. The van der Waals surface area contributed by atoms with Crippen LogP contribution in [0.1, 0.15) is 245 Å². The van der Waals surface area contributed by atoms with Crippen molar-refractivity contribution >= 4 is 17.9 Å². The zero-order chi connectivity index (χ0) is 50.7. The summed E-state index contributed by atoms with van der Waals surface area (Å²) in [4.78, 5) is 38.1. The highest BCUT2D eigenvalue weighted by atomic mass is 16.6. The summed E-state index contributed by atoms with van der Waals surface area (Å²) in [5.41, 5.74) is 0. The minimum absolute atomic E-state index is 0.119. The molecule has 0 aliphatic heterocycles. The van der Waals surface area contributed by atoms with Crippen LogP contribution in [0.2, 0.25) is 0 Å². The van der Waals surface area contributed by atoms with Crippen LogP contribution in [-0.4, -0.2) is 37.2 Å². The van der Waals surface area contributed by atoms with Crippen LogP contribution in [0.5, 0.6) is 0 Å². The quantitative estimate of drug-likeness (QED) is 0.0262. The molecule has 0 amide bonds. The van der Waals surface area contributed by atoms with Crippen molar-refractivity contribution in [2.24, 2.45) is 0 Å². The number of carbonyl (C=O) groups excluding carboxylic acids is 3. The molecule has 0 spiro atoms. The molecule has 1 unspecified atom stereocenters. The van der Waals surface area contributed by atoms with Gasteiger partial charge in [0.1, 0.15) is 13.2 Å². The van der Waals surface area contributed by atoms with Crippen molar-refractivity contribution in [3.05, 3.63) is 122 Å². The fourth-order valence-electron chi connectivity index (χ4n) is 7.52. The summed E-state index contributed by atoms with van der Waals surface area (Å²) in [5.74, 6) is -1.03. The molecule has 0 heterocycles. The van der Waals surface area contributed by atoms with Gasteiger partial charge in [-0.1, -0.05) is 251 Å². The summed E-state index contributed by atoms with van der Waals surface area (Å²) in [5, 5.41) is 0. The number of esters is 3. The van der Waals surface area contributed by atoms with E-state index in [9.17, 15) is 14.4 Å². The van der Waals surface area contributed by atoms with Gasteiger partial charge in [0.2, 0.25) is 0 Å². The van der Waals surface area contributed by atoms with E-state index in [-0.39, 0.29) is 37.5 Å². The number of unbranched alkanes of at least 4 members (excludes halogenated alkanes) is 19. The minimum atomic E-state index is -0.824. The monoisotopic (exact) mass is 969 g/mol. The molecule has 6 heteroatoms. The zero-order valence-electron chi connectivity index (χ0n) is 45.2. The minimum Gasteiger partial charge on any atom is -0.462 e. The lowest BCUT2D eigenvalue weighted by Crippen LogP contribution is -2.30. The summed E-state index contributed by atoms with van der Waals surface area (Å²) >= 11 is 0. The maximum Gasteiger partial charge on any atom is 0.306 e. The van der Waals surface area contributed by atoms with Crippen molar-refractivity contribution in [1.29, 1.82) is 0 Å². The molecule has 1 atom stereocenters. The van der Waals surface area contributed by atoms with Crippen molar-refractivity contribution in [2.75, 3.05) is 13.2 Å². The lowest BCUT2D eigenvalue weighted by atomic mass is 10.0. The third-order valence-electron chi connectivity index (χ3n) is 11.7. The summed E-state index contributed by atoms with van der Waals surface area (Å²) in [6.07, 6.45) is 79.1. The van der Waals surface area contributed by atoms with Gasteiger partial charge in [-0.2, -0.15) is 0 Å². The summed E-state index contributed by atoms with van der Waals surface area (Å²) in [6.45, 7) is 6.32. The lowest BCUT2D eigenvalue weighted by Gasteiger charge is -2.18. The van der Waals surface area contributed by atoms with E-state index in [0.717, 1.165) is 109 Å². The van der Waals surface area contributed by atoms with Gasteiger partial charge >= 0.3 is 17.9 Å². The van der Waals surface area contributed by atoms with Gasteiger partial charge in [0.25, 0.3) is 0 Å². The van der Waals surface area contributed by atoms with Crippen molar-refractivity contribution in [2.45, 2.75) is 252 Å². The largest absolute Gasteiger partial charge is 0.462 e. The van der Waals surface area contributed by atoms with Gasteiger partial charge in [-0.15, -0.1) is 0 Å². The lowest BCUT2D eigenvalue weighted by molar-refractivity contribution is -0.166. The van der Waals surface area contributed by atoms with Crippen LogP contribution in [0.4, 0.5) is 0 Å². The average molecular weight is 970 g/mol. The van der Waals surface area contributed by atoms with E-state index < -0.39 is 6.10 Å². The molecular weight excluding hydrogens is 865 g/mol. The number of rotatable bonds is 50. The molecule has 0 radical (unpaired) electrons. The fraction of sp³-hybridized carbons (Fsp3) is 0.641. The molecule has 0 aromatic carbocycles. The van der Waals surface area contributed by atoms with Crippen LogP contribution >= 0.6 is 0 Å². The Morgan fingerprint density at radius 3 is 0.957 bits per heavy atom. The number of hydrogen-bond donors (Lipinski definition) is 0. The highest BCUT2D eigenvalue weighted by Crippen LogP contribution is 2.15. The van der Waals surface area contributed by atoms with E-state index in [1.165, 1.54) is 89.9 Å². The Kier molecular flexibility index (Phi) is 54.0. The Labute approximate surface area is 431 Å². The van der Waals surface area contributed by atoms with Gasteiger partial charge < -0.3 is 14.2 Å². The first-order valence-electron chi connectivity index (χ1n) is 28.5. The number of ether oxygens (including phenoxy) is 3. The molecule has 70 heavy (non-hydrogen) atoms. The van der Waals surface area contributed by atoms with Crippen molar-refractivity contribution < 1.29 is 28.6 Å². The number of carbonyl (C=O) groups is 3. The second kappa shape index (κ2) is 57.4. The average Bonchev–Trinajstić information content (AvgIpc) is 3.36. The molecule has 396 valence electrons. The zero-order valence-corrected chi connectivity index (χ0v) is 45.2. The third-order valence-corrected chi connectivity index (χ3v) is 11.7. The van der Waals surface area contributed by atoms with E-state index in [2.05, 4.69) is 136 Å². The molecule has 0 N–H and O–H groups in total. The van der Waals surface area contributed by atoms with Crippen LogP contribution < -0.4 is 0 Å². The van der Waals surface area contributed by atoms with Crippen LogP contribution in [0, 0.1) is 0 Å². The molecular formula is C64H104O6. The second-order valence-corrected chi connectivity index (χ2v) is 18.4. The maximum atomic E-state index is 12.9. The van der Waals surface area contributed by atoms with Crippen LogP contribution in [0.3, 0.4) is 0 Å². The van der Waals surface area contributed by atoms with Crippen molar-refractivity contribution in [3.63, 3.8) is 0 Å². The first-order valence-corrected chi connectivity index (χ1v) is 28.5. The van der Waals surface area contributed by atoms with E-state index in [0.29, 0.717) is 19.3 Å². The summed E-state index contributed by atoms with van der Waals surface area (Å²) in [6, 6.07) is 0. The van der Waals surface area contributed by atoms with Gasteiger partial charge in [0, 0.05) is 19.3 Å². The van der Waals surface area contributed by atoms with Crippen LogP contribution in [0.25, 0.3) is 0 Å². The Morgan fingerprint density at radius 2 is 0.586 bits per heavy atom. The maximum absolute atomic E-state index is 12.9. The van der Waals surface area contributed by atoms with Gasteiger partial charge in [-0.3, -0.25) is 14.4 Å². The molecule has 0 rings (SSSR count). The SMILES string of the molecule is CC/C=C\C/C=C\C/C=C\C/C=C\C/C=C\C/C=C\CCC(=O)OCC(COC(=O)CCCCC/C=C\C/C=C\C/C=C\C/C=C\CC)OC(=O)CCCCCCCCCCCCCCCCCCC. The van der Waals surface area contributed by atoms with E-state index in [4.69, 9.17) is 14.2 Å². The molecule has 0 aromatic rings. The van der Waals surface area contributed by atoms with Crippen molar-refractivity contribution in [1.82, 2.24) is 0 Å². The molecule has 0 aliphatic rings.